The zero-order chi connectivity index (χ0) is 14.8. The molecule has 0 aliphatic rings. The molecule has 0 fully saturated rings. The molecule has 1 heterocycles. The number of para-hydroxylation sites is 1. The van der Waals surface area contributed by atoms with Gasteiger partial charge in [0.15, 0.2) is 0 Å². The minimum Gasteiger partial charge on any atom is -0.347 e. The van der Waals surface area contributed by atoms with Crippen molar-refractivity contribution in [2.24, 2.45) is 0 Å². The summed E-state index contributed by atoms with van der Waals surface area (Å²) in [6.07, 6.45) is 1.56. The Kier molecular flexibility index (Phi) is 4.14. The molecule has 0 radical (unpaired) electrons. The molecule has 0 saturated carbocycles. The molecule has 0 aliphatic carbocycles. The van der Waals surface area contributed by atoms with Gasteiger partial charge in [-0.2, -0.15) is 5.10 Å². The third-order valence-corrected chi connectivity index (χ3v) is 2.98. The van der Waals surface area contributed by atoms with Gasteiger partial charge in [0.25, 0.3) is 5.91 Å². The van der Waals surface area contributed by atoms with Crippen LogP contribution < -0.4 is 5.32 Å². The maximum absolute atomic E-state index is 12.3. The maximum atomic E-state index is 12.3. The highest BCUT2D eigenvalue weighted by Crippen LogP contribution is 2.17. The summed E-state index contributed by atoms with van der Waals surface area (Å²) in [5.74, 6) is 0.0669. The van der Waals surface area contributed by atoms with E-state index in [9.17, 15) is 4.79 Å². The van der Waals surface area contributed by atoms with Gasteiger partial charge in [-0.3, -0.25) is 4.79 Å². The predicted octanol–water partition coefficient (Wildman–Crippen LogP) is 3.14. The summed E-state index contributed by atoms with van der Waals surface area (Å²) in [5.41, 5.74) is 1.80. The first-order valence-corrected chi connectivity index (χ1v) is 6.96. The highest BCUT2D eigenvalue weighted by atomic mass is 35.5. The van der Waals surface area contributed by atoms with E-state index in [0.717, 1.165) is 5.69 Å². The molecule has 0 bridgehead atoms. The largest absolute Gasteiger partial charge is 0.347 e. The molecule has 5 heteroatoms. The van der Waals surface area contributed by atoms with E-state index in [1.807, 2.05) is 51.1 Å². The number of rotatable bonds is 3. The normalized spacial score (nSPS) is 11.4. The predicted molar refractivity (Wildman–Crippen MR) is 80.3 cm³/mol. The Labute approximate surface area is 123 Å². The van der Waals surface area contributed by atoms with Crippen LogP contribution in [0.5, 0.6) is 0 Å². The fourth-order valence-electron chi connectivity index (χ4n) is 1.89. The number of amides is 1. The van der Waals surface area contributed by atoms with Gasteiger partial charge >= 0.3 is 0 Å². The van der Waals surface area contributed by atoms with Crippen LogP contribution in [0.2, 0.25) is 0 Å². The van der Waals surface area contributed by atoms with E-state index in [0.29, 0.717) is 11.3 Å². The maximum Gasteiger partial charge on any atom is 0.255 e. The number of hydrogen-bond acceptors (Lipinski definition) is 2. The van der Waals surface area contributed by atoms with E-state index in [2.05, 4.69) is 10.4 Å². The molecule has 1 aromatic heterocycles. The monoisotopic (exact) mass is 291 g/mol. The summed E-state index contributed by atoms with van der Waals surface area (Å²) in [5, 5.41) is 7.20. The zero-order valence-corrected chi connectivity index (χ0v) is 12.6. The molecule has 1 N–H and O–H groups in total. The van der Waals surface area contributed by atoms with Gasteiger partial charge in [0.2, 0.25) is 0 Å². The van der Waals surface area contributed by atoms with Crippen molar-refractivity contribution in [2.75, 3.05) is 0 Å². The van der Waals surface area contributed by atoms with E-state index in [1.54, 1.807) is 10.9 Å². The lowest BCUT2D eigenvalue weighted by atomic mass is 10.1. The van der Waals surface area contributed by atoms with Gasteiger partial charge in [0, 0.05) is 5.54 Å². The number of hydrogen-bond donors (Lipinski definition) is 1. The minimum atomic E-state index is -0.296. The summed E-state index contributed by atoms with van der Waals surface area (Å²) in [7, 11) is 0. The number of carbonyl (C=O) groups is 1. The Morgan fingerprint density at radius 2 is 1.95 bits per heavy atom. The van der Waals surface area contributed by atoms with Crippen LogP contribution in [-0.4, -0.2) is 21.2 Å². The van der Waals surface area contributed by atoms with Crippen molar-refractivity contribution in [2.45, 2.75) is 32.2 Å². The third-order valence-electron chi connectivity index (χ3n) is 2.73. The Balaban J connectivity index is 2.38. The van der Waals surface area contributed by atoms with Crippen molar-refractivity contribution in [3.8, 4) is 5.69 Å². The third kappa shape index (κ3) is 3.20. The Morgan fingerprint density at radius 3 is 2.50 bits per heavy atom. The van der Waals surface area contributed by atoms with Crippen LogP contribution in [0.1, 0.15) is 36.8 Å². The Morgan fingerprint density at radius 1 is 1.30 bits per heavy atom. The number of carbonyl (C=O) groups excluding carboxylic acids is 1. The first-order chi connectivity index (χ1) is 9.42. The van der Waals surface area contributed by atoms with Gasteiger partial charge in [-0.1, -0.05) is 18.2 Å². The zero-order valence-electron chi connectivity index (χ0n) is 11.9. The van der Waals surface area contributed by atoms with Crippen molar-refractivity contribution in [1.29, 1.82) is 0 Å². The van der Waals surface area contributed by atoms with Gasteiger partial charge in [0.1, 0.15) is 0 Å². The van der Waals surface area contributed by atoms with E-state index < -0.39 is 0 Å². The molecule has 0 saturated heterocycles. The molecule has 4 nitrogen and oxygen atoms in total. The fraction of sp³-hybridized carbons (Fsp3) is 0.333. The summed E-state index contributed by atoms with van der Waals surface area (Å²) in [6.45, 7) is 5.81. The molecule has 0 spiro atoms. The first kappa shape index (κ1) is 14.6. The quantitative estimate of drug-likeness (QED) is 0.883. The van der Waals surface area contributed by atoms with Crippen LogP contribution in [-0.2, 0) is 5.88 Å². The van der Waals surface area contributed by atoms with E-state index in [-0.39, 0.29) is 17.3 Å². The molecule has 0 atom stereocenters. The lowest BCUT2D eigenvalue weighted by Gasteiger charge is -2.20. The van der Waals surface area contributed by atoms with Crippen LogP contribution in [0.4, 0.5) is 0 Å². The van der Waals surface area contributed by atoms with Crippen molar-refractivity contribution >= 4 is 17.5 Å². The SMILES string of the molecule is CC(C)(C)NC(=O)c1cnn(-c2ccccc2)c1CCl. The minimum absolute atomic E-state index is 0.157. The highest BCUT2D eigenvalue weighted by Gasteiger charge is 2.21. The van der Waals surface area contributed by atoms with Crippen molar-refractivity contribution in [3.63, 3.8) is 0 Å². The van der Waals surface area contributed by atoms with Crippen LogP contribution in [0.25, 0.3) is 5.69 Å². The molecule has 106 valence electrons. The average molecular weight is 292 g/mol. The van der Waals surface area contributed by atoms with Crippen molar-refractivity contribution in [1.82, 2.24) is 15.1 Å². The standard InChI is InChI=1S/C15H18ClN3O/c1-15(2,3)18-14(20)12-10-17-19(13(12)9-16)11-7-5-4-6-8-11/h4-8,10H,9H2,1-3H3,(H,18,20). The molecule has 1 amide bonds. The second-order valence-corrected chi connectivity index (χ2v) is 5.86. The second kappa shape index (κ2) is 5.67. The molecule has 20 heavy (non-hydrogen) atoms. The van der Waals surface area contributed by atoms with Crippen LogP contribution in [0.3, 0.4) is 0 Å². The average Bonchev–Trinajstić information content (AvgIpc) is 2.81. The van der Waals surface area contributed by atoms with Gasteiger partial charge in [-0.25, -0.2) is 4.68 Å². The van der Waals surface area contributed by atoms with E-state index >= 15 is 0 Å². The molecular weight excluding hydrogens is 274 g/mol. The smallest absolute Gasteiger partial charge is 0.255 e. The topological polar surface area (TPSA) is 46.9 Å². The Hall–Kier alpha value is -1.81. The van der Waals surface area contributed by atoms with E-state index in [1.165, 1.54) is 0 Å². The Bertz CT molecular complexity index is 599. The van der Waals surface area contributed by atoms with Gasteiger partial charge in [-0.05, 0) is 32.9 Å². The number of nitrogens with zero attached hydrogens (tertiary/aromatic N) is 2. The molecular formula is C15H18ClN3O. The van der Waals surface area contributed by atoms with Crippen LogP contribution >= 0.6 is 11.6 Å². The van der Waals surface area contributed by atoms with Gasteiger partial charge in [0.05, 0.1) is 29.0 Å². The number of nitrogens with one attached hydrogen (secondary N) is 1. The molecule has 0 unspecified atom stereocenters. The lowest BCUT2D eigenvalue weighted by Crippen LogP contribution is -2.40. The summed E-state index contributed by atoms with van der Waals surface area (Å²) in [6, 6.07) is 9.62. The first-order valence-electron chi connectivity index (χ1n) is 6.43. The van der Waals surface area contributed by atoms with E-state index in [4.69, 9.17) is 11.6 Å². The van der Waals surface area contributed by atoms with Crippen molar-refractivity contribution in [3.05, 3.63) is 47.8 Å². The summed E-state index contributed by atoms with van der Waals surface area (Å²) in [4.78, 5) is 12.3. The highest BCUT2D eigenvalue weighted by molar-refractivity contribution is 6.17. The molecule has 2 rings (SSSR count). The van der Waals surface area contributed by atoms with Crippen LogP contribution in [0.15, 0.2) is 36.5 Å². The number of aromatic nitrogens is 2. The molecule has 1 aromatic carbocycles. The van der Waals surface area contributed by atoms with Crippen LogP contribution in [0, 0.1) is 0 Å². The number of alkyl halides is 1. The summed E-state index contributed by atoms with van der Waals surface area (Å²) < 4.78 is 1.70. The van der Waals surface area contributed by atoms with Crippen molar-refractivity contribution < 1.29 is 4.79 Å². The van der Waals surface area contributed by atoms with Gasteiger partial charge < -0.3 is 5.32 Å². The molecule has 0 aliphatic heterocycles. The van der Waals surface area contributed by atoms with Gasteiger partial charge in [-0.15, -0.1) is 11.6 Å². The molecule has 2 aromatic rings. The summed E-state index contributed by atoms with van der Waals surface area (Å²) >= 11 is 6.00. The second-order valence-electron chi connectivity index (χ2n) is 5.59. The lowest BCUT2D eigenvalue weighted by molar-refractivity contribution is 0.0919. The number of halogens is 1. The number of benzene rings is 1. The fourth-order valence-corrected chi connectivity index (χ4v) is 2.15.